The van der Waals surface area contributed by atoms with Crippen LogP contribution < -0.4 is 0 Å². The van der Waals surface area contributed by atoms with E-state index < -0.39 is 0 Å². The molecule has 0 spiro atoms. The first kappa shape index (κ1) is 16.1. The highest BCUT2D eigenvalue weighted by molar-refractivity contribution is 6.30. The second-order valence-electron chi connectivity index (χ2n) is 5.31. The van der Waals surface area contributed by atoms with E-state index in [2.05, 4.69) is 16.5 Å². The van der Waals surface area contributed by atoms with Gasteiger partial charge in [0.05, 0.1) is 19.0 Å². The summed E-state index contributed by atoms with van der Waals surface area (Å²) < 4.78 is 8.18. The van der Waals surface area contributed by atoms with Crippen molar-refractivity contribution in [2.45, 2.75) is 51.9 Å². The minimum Gasteiger partial charge on any atom is -0.372 e. The van der Waals surface area contributed by atoms with Crippen LogP contribution in [-0.2, 0) is 17.9 Å². The van der Waals surface area contributed by atoms with Crippen LogP contribution in [0.15, 0.2) is 43.0 Å². The van der Waals surface area contributed by atoms with Crippen molar-refractivity contribution in [3.63, 3.8) is 0 Å². The molecule has 0 amide bonds. The molecule has 2 aromatic rings. The zero-order valence-electron chi connectivity index (χ0n) is 12.5. The van der Waals surface area contributed by atoms with E-state index in [-0.39, 0.29) is 6.10 Å². The van der Waals surface area contributed by atoms with Gasteiger partial charge in [0.2, 0.25) is 0 Å². The van der Waals surface area contributed by atoms with Crippen LogP contribution in [0, 0.1) is 0 Å². The minimum atomic E-state index is 0.224. The summed E-state index contributed by atoms with van der Waals surface area (Å²) in [4.78, 5) is 4.09. The first-order chi connectivity index (χ1) is 10.3. The molecule has 1 aromatic heterocycles. The molecule has 0 saturated carbocycles. The molecule has 114 valence electrons. The number of benzene rings is 1. The second kappa shape index (κ2) is 8.85. The lowest BCUT2D eigenvalue weighted by atomic mass is 10.1. The van der Waals surface area contributed by atoms with Gasteiger partial charge in [-0.1, -0.05) is 49.9 Å². The third-order valence-electron chi connectivity index (χ3n) is 3.50. The van der Waals surface area contributed by atoms with E-state index in [9.17, 15) is 0 Å². The van der Waals surface area contributed by atoms with Gasteiger partial charge in [0, 0.05) is 24.0 Å². The van der Waals surface area contributed by atoms with Gasteiger partial charge in [-0.25, -0.2) is 4.98 Å². The van der Waals surface area contributed by atoms with Crippen molar-refractivity contribution in [2.75, 3.05) is 0 Å². The predicted octanol–water partition coefficient (Wildman–Crippen LogP) is 4.70. The lowest BCUT2D eigenvalue weighted by Gasteiger charge is -2.18. The highest BCUT2D eigenvalue weighted by atomic mass is 35.5. The fourth-order valence-corrected chi connectivity index (χ4v) is 2.40. The van der Waals surface area contributed by atoms with Gasteiger partial charge in [0.1, 0.15) is 0 Å². The summed E-state index contributed by atoms with van der Waals surface area (Å²) in [6, 6.07) is 7.84. The second-order valence-corrected chi connectivity index (χ2v) is 5.75. The maximum absolute atomic E-state index is 6.10. The van der Waals surface area contributed by atoms with E-state index in [1.54, 1.807) is 0 Å². The van der Waals surface area contributed by atoms with E-state index in [0.29, 0.717) is 6.61 Å². The van der Waals surface area contributed by atoms with Crippen molar-refractivity contribution in [2.24, 2.45) is 0 Å². The van der Waals surface area contributed by atoms with E-state index in [4.69, 9.17) is 16.3 Å². The molecule has 0 bridgehead atoms. The average Bonchev–Trinajstić information content (AvgIpc) is 2.99. The number of nitrogens with zero attached hydrogens (tertiary/aromatic N) is 2. The molecule has 0 N–H and O–H groups in total. The van der Waals surface area contributed by atoms with E-state index in [1.807, 2.05) is 43.0 Å². The monoisotopic (exact) mass is 306 g/mol. The molecule has 0 aliphatic rings. The molecular formula is C17H23ClN2O. The van der Waals surface area contributed by atoms with Crippen molar-refractivity contribution >= 4 is 11.6 Å². The summed E-state index contributed by atoms with van der Waals surface area (Å²) in [7, 11) is 0. The minimum absolute atomic E-state index is 0.224. The van der Waals surface area contributed by atoms with Gasteiger partial charge < -0.3 is 9.30 Å². The molecule has 0 saturated heterocycles. The normalized spacial score (nSPS) is 12.5. The zero-order valence-corrected chi connectivity index (χ0v) is 13.3. The van der Waals surface area contributed by atoms with Crippen molar-refractivity contribution < 1.29 is 4.74 Å². The molecule has 4 heteroatoms. The third kappa shape index (κ3) is 5.90. The summed E-state index contributed by atoms with van der Waals surface area (Å²) in [6.45, 7) is 3.71. The average molecular weight is 307 g/mol. The molecule has 0 radical (unpaired) electrons. The number of halogens is 1. The van der Waals surface area contributed by atoms with Crippen molar-refractivity contribution in [3.05, 3.63) is 53.6 Å². The number of ether oxygens (including phenoxy) is 1. The molecule has 1 atom stereocenters. The Balaban J connectivity index is 1.86. The fraction of sp³-hybridized carbons (Fsp3) is 0.471. The molecule has 0 aliphatic carbocycles. The smallest absolute Gasteiger partial charge is 0.0946 e. The van der Waals surface area contributed by atoms with Crippen LogP contribution in [0.4, 0.5) is 0 Å². The Labute approximate surface area is 131 Å². The summed E-state index contributed by atoms with van der Waals surface area (Å²) in [5, 5.41) is 0.761. The predicted molar refractivity (Wildman–Crippen MR) is 86.4 cm³/mol. The highest BCUT2D eigenvalue weighted by Gasteiger charge is 2.10. The number of imidazole rings is 1. The standard InChI is InChI=1S/C17H23ClN2O/c1-2-3-4-5-17(12-20-11-10-19-14-20)21-13-15-6-8-16(18)9-7-15/h6-11,14,17H,2-5,12-13H2,1H3. The maximum atomic E-state index is 6.10. The van der Waals surface area contributed by atoms with Crippen LogP contribution in [0.5, 0.6) is 0 Å². The van der Waals surface area contributed by atoms with Crippen molar-refractivity contribution in [1.29, 1.82) is 0 Å². The first-order valence-corrected chi connectivity index (χ1v) is 7.97. The van der Waals surface area contributed by atoms with Gasteiger partial charge in [-0.2, -0.15) is 0 Å². The van der Waals surface area contributed by atoms with Crippen molar-refractivity contribution in [1.82, 2.24) is 9.55 Å². The van der Waals surface area contributed by atoms with Gasteiger partial charge in [0.25, 0.3) is 0 Å². The SMILES string of the molecule is CCCCCC(Cn1ccnc1)OCc1ccc(Cl)cc1. The maximum Gasteiger partial charge on any atom is 0.0946 e. The van der Waals surface area contributed by atoms with Gasteiger partial charge in [0.15, 0.2) is 0 Å². The summed E-state index contributed by atoms with van der Waals surface area (Å²) in [6.07, 6.45) is 10.6. The van der Waals surface area contributed by atoms with Crippen LogP contribution in [0.3, 0.4) is 0 Å². The first-order valence-electron chi connectivity index (χ1n) is 7.59. The van der Waals surface area contributed by atoms with Crippen LogP contribution in [0.25, 0.3) is 0 Å². The number of unbranched alkanes of at least 4 members (excludes halogenated alkanes) is 2. The number of hydrogen-bond acceptors (Lipinski definition) is 2. The molecular weight excluding hydrogens is 284 g/mol. The molecule has 21 heavy (non-hydrogen) atoms. The Morgan fingerprint density at radius 3 is 2.71 bits per heavy atom. The number of aromatic nitrogens is 2. The Morgan fingerprint density at radius 1 is 1.24 bits per heavy atom. The molecule has 0 aliphatic heterocycles. The molecule has 3 nitrogen and oxygen atoms in total. The Kier molecular flexibility index (Phi) is 6.77. The topological polar surface area (TPSA) is 27.1 Å². The number of rotatable bonds is 9. The van der Waals surface area contributed by atoms with Gasteiger partial charge in [-0.3, -0.25) is 0 Å². The van der Waals surface area contributed by atoms with Crippen molar-refractivity contribution in [3.8, 4) is 0 Å². The van der Waals surface area contributed by atoms with Gasteiger partial charge in [-0.15, -0.1) is 0 Å². The van der Waals surface area contributed by atoms with E-state index in [1.165, 1.54) is 19.3 Å². The molecule has 2 rings (SSSR count). The summed E-state index contributed by atoms with van der Waals surface area (Å²) in [5.41, 5.74) is 1.16. The molecule has 1 unspecified atom stereocenters. The van der Waals surface area contributed by atoms with Gasteiger partial charge >= 0.3 is 0 Å². The van der Waals surface area contributed by atoms with E-state index in [0.717, 1.165) is 23.6 Å². The van der Waals surface area contributed by atoms with Crippen LogP contribution in [-0.4, -0.2) is 15.7 Å². The number of hydrogen-bond donors (Lipinski definition) is 0. The highest BCUT2D eigenvalue weighted by Crippen LogP contribution is 2.14. The third-order valence-corrected chi connectivity index (χ3v) is 3.75. The lowest BCUT2D eigenvalue weighted by Crippen LogP contribution is -2.19. The summed E-state index contributed by atoms with van der Waals surface area (Å²) in [5.74, 6) is 0. The Bertz CT molecular complexity index is 496. The fourth-order valence-electron chi connectivity index (χ4n) is 2.27. The van der Waals surface area contributed by atoms with Crippen LogP contribution in [0.1, 0.15) is 38.2 Å². The molecule has 1 heterocycles. The quantitative estimate of drug-likeness (QED) is 0.628. The van der Waals surface area contributed by atoms with Crippen LogP contribution in [0.2, 0.25) is 5.02 Å². The van der Waals surface area contributed by atoms with Gasteiger partial charge in [-0.05, 0) is 24.1 Å². The Hall–Kier alpha value is -1.32. The zero-order chi connectivity index (χ0) is 14.9. The van der Waals surface area contributed by atoms with Crippen LogP contribution >= 0.6 is 11.6 Å². The summed E-state index contributed by atoms with van der Waals surface area (Å²) >= 11 is 5.90. The van der Waals surface area contributed by atoms with E-state index >= 15 is 0 Å². The molecule has 0 fully saturated rings. The lowest BCUT2D eigenvalue weighted by molar-refractivity contribution is 0.0221. The Morgan fingerprint density at radius 2 is 2.05 bits per heavy atom. The largest absolute Gasteiger partial charge is 0.372 e. The molecule has 1 aromatic carbocycles.